The van der Waals surface area contributed by atoms with Crippen LogP contribution < -0.4 is 5.32 Å². The lowest BCUT2D eigenvalue weighted by atomic mass is 10.2. The normalized spacial score (nSPS) is 10.5. The van der Waals surface area contributed by atoms with Crippen LogP contribution in [-0.2, 0) is 6.54 Å². The predicted molar refractivity (Wildman–Crippen MR) is 81.1 cm³/mol. The summed E-state index contributed by atoms with van der Waals surface area (Å²) in [5.74, 6) is 0.374. The van der Waals surface area contributed by atoms with Crippen LogP contribution in [0.15, 0.2) is 59.7 Å². The minimum Gasteiger partial charge on any atom is -0.432 e. The largest absolute Gasteiger partial charge is 0.432 e. The Morgan fingerprint density at radius 2 is 2.14 bits per heavy atom. The van der Waals surface area contributed by atoms with Crippen molar-refractivity contribution in [3.63, 3.8) is 0 Å². The van der Waals surface area contributed by atoms with E-state index in [1.165, 1.54) is 0 Å². The molecule has 3 rings (SSSR count). The maximum atomic E-state index is 12.0. The molecular weight excluding hydrogens is 280 g/mol. The number of oxazole rings is 1. The Labute approximate surface area is 127 Å². The summed E-state index contributed by atoms with van der Waals surface area (Å²) in [4.78, 5) is 20.0. The van der Waals surface area contributed by atoms with Crippen LogP contribution in [0.4, 0.5) is 0 Å². The van der Waals surface area contributed by atoms with Gasteiger partial charge in [-0.3, -0.25) is 4.79 Å². The Morgan fingerprint density at radius 1 is 1.27 bits per heavy atom. The molecule has 22 heavy (non-hydrogen) atoms. The number of hydrogen-bond acceptors (Lipinski definition) is 4. The van der Waals surface area contributed by atoms with Crippen LogP contribution in [0, 0.1) is 0 Å². The van der Waals surface area contributed by atoms with Crippen LogP contribution in [0.3, 0.4) is 0 Å². The van der Waals surface area contributed by atoms with Crippen LogP contribution in [-0.4, -0.2) is 27.0 Å². The molecule has 2 aromatic heterocycles. The second kappa shape index (κ2) is 6.71. The molecule has 0 spiro atoms. The van der Waals surface area contributed by atoms with Gasteiger partial charge in [-0.2, -0.15) is 0 Å². The van der Waals surface area contributed by atoms with Crippen molar-refractivity contribution in [2.75, 3.05) is 6.54 Å². The lowest BCUT2D eigenvalue weighted by molar-refractivity contribution is 0.0919. The van der Waals surface area contributed by atoms with Gasteiger partial charge in [-0.1, -0.05) is 30.3 Å². The summed E-state index contributed by atoms with van der Waals surface area (Å²) in [5.41, 5.74) is 0.897. The predicted octanol–water partition coefficient (Wildman–Crippen LogP) is 2.36. The number of nitrogens with one attached hydrogen (secondary N) is 1. The molecule has 1 amide bonds. The number of benzene rings is 1. The summed E-state index contributed by atoms with van der Waals surface area (Å²) in [6, 6.07) is 9.57. The van der Waals surface area contributed by atoms with Crippen molar-refractivity contribution in [2.45, 2.75) is 13.0 Å². The Kier molecular flexibility index (Phi) is 4.29. The first-order valence-electron chi connectivity index (χ1n) is 7.08. The summed E-state index contributed by atoms with van der Waals surface area (Å²) >= 11 is 0. The van der Waals surface area contributed by atoms with Gasteiger partial charge in [0.2, 0.25) is 0 Å². The number of carbonyl (C=O) groups is 1. The van der Waals surface area contributed by atoms with Crippen molar-refractivity contribution in [3.8, 4) is 11.3 Å². The van der Waals surface area contributed by atoms with Gasteiger partial charge in [0.1, 0.15) is 0 Å². The van der Waals surface area contributed by atoms with Crippen molar-refractivity contribution >= 4 is 5.91 Å². The van der Waals surface area contributed by atoms with E-state index in [1.807, 2.05) is 41.1 Å². The molecular formula is C16H16N4O2. The Bertz CT molecular complexity index is 720. The molecule has 6 nitrogen and oxygen atoms in total. The maximum Gasteiger partial charge on any atom is 0.307 e. The Morgan fingerprint density at radius 3 is 2.91 bits per heavy atom. The van der Waals surface area contributed by atoms with Gasteiger partial charge in [-0.15, -0.1) is 0 Å². The molecule has 0 aliphatic heterocycles. The minimum absolute atomic E-state index is 0.0847. The van der Waals surface area contributed by atoms with Gasteiger partial charge in [0.05, 0.1) is 12.5 Å². The van der Waals surface area contributed by atoms with Gasteiger partial charge in [0.25, 0.3) is 5.89 Å². The van der Waals surface area contributed by atoms with Crippen molar-refractivity contribution in [1.82, 2.24) is 19.9 Å². The van der Waals surface area contributed by atoms with E-state index in [2.05, 4.69) is 15.3 Å². The van der Waals surface area contributed by atoms with Gasteiger partial charge in [0.15, 0.2) is 5.76 Å². The molecule has 0 aliphatic carbocycles. The maximum absolute atomic E-state index is 12.0. The molecule has 6 heteroatoms. The fraction of sp³-hybridized carbons (Fsp3) is 0.188. The average Bonchev–Trinajstić information content (AvgIpc) is 3.24. The molecule has 0 aliphatic rings. The van der Waals surface area contributed by atoms with Crippen LogP contribution in [0.2, 0.25) is 0 Å². The molecule has 1 N–H and O–H groups in total. The SMILES string of the molecule is O=C(NCCCn1ccnc1)c1ncc(-c2ccccc2)o1. The lowest BCUT2D eigenvalue weighted by Crippen LogP contribution is -2.25. The highest BCUT2D eigenvalue weighted by atomic mass is 16.4. The molecule has 0 unspecified atom stereocenters. The monoisotopic (exact) mass is 296 g/mol. The molecule has 0 fully saturated rings. The second-order valence-corrected chi connectivity index (χ2v) is 4.81. The first-order chi connectivity index (χ1) is 10.8. The third kappa shape index (κ3) is 3.41. The summed E-state index contributed by atoms with van der Waals surface area (Å²) < 4.78 is 7.46. The molecule has 0 saturated heterocycles. The molecule has 0 bridgehead atoms. The molecule has 1 aromatic carbocycles. The topological polar surface area (TPSA) is 73.0 Å². The van der Waals surface area contributed by atoms with E-state index in [0.29, 0.717) is 12.3 Å². The molecule has 3 aromatic rings. The highest BCUT2D eigenvalue weighted by Crippen LogP contribution is 2.19. The lowest BCUT2D eigenvalue weighted by Gasteiger charge is -2.03. The summed E-state index contributed by atoms with van der Waals surface area (Å²) in [6.07, 6.45) is 7.75. The van der Waals surface area contributed by atoms with E-state index in [0.717, 1.165) is 18.5 Å². The Balaban J connectivity index is 1.51. The zero-order valence-corrected chi connectivity index (χ0v) is 12.0. The number of rotatable bonds is 6. The number of aryl methyl sites for hydroxylation is 1. The molecule has 0 saturated carbocycles. The zero-order valence-electron chi connectivity index (χ0n) is 12.0. The highest BCUT2D eigenvalue weighted by Gasteiger charge is 2.13. The summed E-state index contributed by atoms with van der Waals surface area (Å²) in [7, 11) is 0. The average molecular weight is 296 g/mol. The van der Waals surface area contributed by atoms with Crippen molar-refractivity contribution in [3.05, 3.63) is 61.1 Å². The van der Waals surface area contributed by atoms with Gasteiger partial charge in [0, 0.05) is 31.0 Å². The van der Waals surface area contributed by atoms with Crippen LogP contribution >= 0.6 is 0 Å². The molecule has 112 valence electrons. The molecule has 0 radical (unpaired) electrons. The number of imidazole rings is 1. The van der Waals surface area contributed by atoms with Crippen LogP contribution in [0.1, 0.15) is 17.1 Å². The van der Waals surface area contributed by atoms with Gasteiger partial charge >= 0.3 is 5.91 Å². The summed E-state index contributed by atoms with van der Waals surface area (Å²) in [5, 5.41) is 2.80. The van der Waals surface area contributed by atoms with Crippen molar-refractivity contribution in [1.29, 1.82) is 0 Å². The zero-order chi connectivity index (χ0) is 15.2. The smallest absolute Gasteiger partial charge is 0.307 e. The number of hydrogen-bond donors (Lipinski definition) is 1. The van der Waals surface area contributed by atoms with E-state index in [-0.39, 0.29) is 11.8 Å². The van der Waals surface area contributed by atoms with E-state index >= 15 is 0 Å². The van der Waals surface area contributed by atoms with Crippen molar-refractivity contribution < 1.29 is 9.21 Å². The summed E-state index contributed by atoms with van der Waals surface area (Å²) in [6.45, 7) is 1.36. The first-order valence-corrected chi connectivity index (χ1v) is 7.08. The van der Waals surface area contributed by atoms with Crippen molar-refractivity contribution in [2.24, 2.45) is 0 Å². The second-order valence-electron chi connectivity index (χ2n) is 4.81. The van der Waals surface area contributed by atoms with E-state index in [1.54, 1.807) is 18.7 Å². The van der Waals surface area contributed by atoms with E-state index in [9.17, 15) is 4.79 Å². The third-order valence-corrected chi connectivity index (χ3v) is 3.20. The van der Waals surface area contributed by atoms with Gasteiger partial charge < -0.3 is 14.3 Å². The number of amides is 1. The van der Waals surface area contributed by atoms with Gasteiger partial charge in [-0.25, -0.2) is 9.97 Å². The Hall–Kier alpha value is -2.89. The van der Waals surface area contributed by atoms with Crippen LogP contribution in [0.5, 0.6) is 0 Å². The first kappa shape index (κ1) is 14.1. The van der Waals surface area contributed by atoms with Gasteiger partial charge in [-0.05, 0) is 6.42 Å². The van der Waals surface area contributed by atoms with E-state index in [4.69, 9.17) is 4.42 Å². The standard InChI is InChI=1S/C16H16N4O2/c21-15(18-7-4-9-20-10-8-17-12-20)16-19-11-14(22-16)13-5-2-1-3-6-13/h1-3,5-6,8,10-12H,4,7,9H2,(H,18,21). The number of carbonyl (C=O) groups excluding carboxylic acids is 1. The third-order valence-electron chi connectivity index (χ3n) is 3.20. The number of nitrogens with zero attached hydrogens (tertiary/aromatic N) is 3. The van der Waals surface area contributed by atoms with E-state index < -0.39 is 0 Å². The number of aromatic nitrogens is 3. The van der Waals surface area contributed by atoms with Crippen LogP contribution in [0.25, 0.3) is 11.3 Å². The molecule has 2 heterocycles. The highest BCUT2D eigenvalue weighted by molar-refractivity contribution is 5.89. The minimum atomic E-state index is -0.298. The fourth-order valence-electron chi connectivity index (χ4n) is 2.07. The quantitative estimate of drug-likeness (QED) is 0.709. The molecule has 0 atom stereocenters. The fourth-order valence-corrected chi connectivity index (χ4v) is 2.07.